The van der Waals surface area contributed by atoms with Gasteiger partial charge in [-0.25, -0.2) is 12.8 Å². The number of halogens is 2. The average Bonchev–Trinajstić information content (AvgIpc) is 2.99. The van der Waals surface area contributed by atoms with Gasteiger partial charge < -0.3 is 10.2 Å². The summed E-state index contributed by atoms with van der Waals surface area (Å²) in [6.45, 7) is 6.73. The predicted octanol–water partition coefficient (Wildman–Crippen LogP) is 6.54. The Hall–Kier alpha value is -4.21. The molecule has 1 atom stereocenters. The van der Waals surface area contributed by atoms with Crippen LogP contribution in [0.3, 0.4) is 0 Å². The summed E-state index contributed by atoms with van der Waals surface area (Å²) in [5, 5.41) is 3.40. The monoisotopic (exact) mass is 649 g/mol. The van der Waals surface area contributed by atoms with Crippen molar-refractivity contribution in [2.24, 2.45) is 0 Å². The molecular formula is C35H37ClFN3O4S. The Morgan fingerprint density at radius 1 is 0.867 bits per heavy atom. The number of anilines is 1. The van der Waals surface area contributed by atoms with Crippen molar-refractivity contribution >= 4 is 39.1 Å². The van der Waals surface area contributed by atoms with Crippen LogP contribution in [0.1, 0.15) is 37.5 Å². The van der Waals surface area contributed by atoms with E-state index < -0.39 is 45.8 Å². The fourth-order valence-electron chi connectivity index (χ4n) is 4.79. The molecule has 4 rings (SSSR count). The summed E-state index contributed by atoms with van der Waals surface area (Å²) in [5.41, 5.74) is 1.95. The van der Waals surface area contributed by atoms with Gasteiger partial charge in [-0.1, -0.05) is 77.8 Å². The predicted molar refractivity (Wildman–Crippen MR) is 176 cm³/mol. The van der Waals surface area contributed by atoms with Crippen LogP contribution in [0.4, 0.5) is 10.1 Å². The number of carbonyl (C=O) groups excluding carboxylic acids is 2. The third-order valence-corrected chi connectivity index (χ3v) is 9.23. The van der Waals surface area contributed by atoms with Crippen LogP contribution >= 0.6 is 11.6 Å². The van der Waals surface area contributed by atoms with Gasteiger partial charge in [0.1, 0.15) is 18.4 Å². The van der Waals surface area contributed by atoms with E-state index in [1.165, 1.54) is 4.90 Å². The minimum absolute atomic E-state index is 0.0497. The molecule has 7 nitrogen and oxygen atoms in total. The normalized spacial score (nSPS) is 12.3. The molecule has 236 valence electrons. The second-order valence-electron chi connectivity index (χ2n) is 11.9. The maximum Gasteiger partial charge on any atom is 0.264 e. The first-order valence-corrected chi connectivity index (χ1v) is 16.3. The number of rotatable bonds is 11. The zero-order chi connectivity index (χ0) is 32.8. The summed E-state index contributed by atoms with van der Waals surface area (Å²) < 4.78 is 42.8. The van der Waals surface area contributed by atoms with Crippen molar-refractivity contribution in [3.63, 3.8) is 0 Å². The van der Waals surface area contributed by atoms with Crippen molar-refractivity contribution in [3.05, 3.63) is 131 Å². The molecule has 0 spiro atoms. The van der Waals surface area contributed by atoms with E-state index in [-0.39, 0.29) is 23.5 Å². The van der Waals surface area contributed by atoms with Crippen LogP contribution < -0.4 is 9.62 Å². The summed E-state index contributed by atoms with van der Waals surface area (Å²) in [6, 6.07) is 26.4. The molecule has 2 amide bonds. The first-order chi connectivity index (χ1) is 21.2. The van der Waals surface area contributed by atoms with Gasteiger partial charge in [0.15, 0.2) is 0 Å². The van der Waals surface area contributed by atoms with E-state index in [1.807, 2.05) is 58.0 Å². The minimum Gasteiger partial charge on any atom is -0.350 e. The van der Waals surface area contributed by atoms with E-state index in [9.17, 15) is 22.4 Å². The molecular weight excluding hydrogens is 613 g/mol. The fourth-order valence-corrected chi connectivity index (χ4v) is 6.40. The summed E-state index contributed by atoms with van der Waals surface area (Å²) in [7, 11) is -4.33. The average molecular weight is 650 g/mol. The Labute approximate surface area is 269 Å². The van der Waals surface area contributed by atoms with E-state index >= 15 is 0 Å². The standard InChI is InChI=1S/C35H37ClFN3O4S/c1-25-14-18-29(19-15-25)40(45(43,44)30-20-16-28(37)17-21-30)24-33(41)39(23-27-12-8-9-13-31(27)36)32(34(42)38-35(2,3)4)22-26-10-6-5-7-11-26/h5-21,32H,22-24H2,1-4H3,(H,38,42). The molecule has 1 N–H and O–H groups in total. The molecule has 0 aliphatic carbocycles. The zero-order valence-electron chi connectivity index (χ0n) is 25.7. The summed E-state index contributed by atoms with van der Waals surface area (Å²) in [6.07, 6.45) is 0.175. The van der Waals surface area contributed by atoms with Gasteiger partial charge in [0.05, 0.1) is 10.6 Å². The fraction of sp³-hybridized carbons (Fsp3) is 0.257. The van der Waals surface area contributed by atoms with Gasteiger partial charge in [-0.3, -0.25) is 13.9 Å². The lowest BCUT2D eigenvalue weighted by molar-refractivity contribution is -0.140. The van der Waals surface area contributed by atoms with E-state index in [4.69, 9.17) is 11.6 Å². The lowest BCUT2D eigenvalue weighted by Crippen LogP contribution is -2.56. The van der Waals surface area contributed by atoms with Gasteiger partial charge in [-0.2, -0.15) is 0 Å². The molecule has 4 aromatic rings. The molecule has 0 bridgehead atoms. The van der Waals surface area contributed by atoms with Crippen LogP contribution in [0.15, 0.2) is 108 Å². The summed E-state index contributed by atoms with van der Waals surface area (Å²) in [5.74, 6) is -1.60. The Bertz CT molecular complexity index is 1730. The number of benzene rings is 4. The lowest BCUT2D eigenvalue weighted by Gasteiger charge is -2.35. The minimum atomic E-state index is -4.33. The molecule has 0 fully saturated rings. The molecule has 10 heteroatoms. The topological polar surface area (TPSA) is 86.8 Å². The number of aryl methyl sites for hydroxylation is 1. The van der Waals surface area contributed by atoms with Gasteiger partial charge >= 0.3 is 0 Å². The number of sulfonamides is 1. The van der Waals surface area contributed by atoms with Crippen LogP contribution in [0.2, 0.25) is 5.02 Å². The molecule has 0 aliphatic heterocycles. The first kappa shape index (κ1) is 33.7. The summed E-state index contributed by atoms with van der Waals surface area (Å²) >= 11 is 6.53. The van der Waals surface area contributed by atoms with Crippen molar-refractivity contribution in [1.29, 1.82) is 0 Å². The van der Waals surface area contributed by atoms with Gasteiger partial charge in [-0.05, 0) is 81.3 Å². The molecule has 0 saturated carbocycles. The highest BCUT2D eigenvalue weighted by molar-refractivity contribution is 7.92. The Morgan fingerprint density at radius 2 is 1.47 bits per heavy atom. The maximum atomic E-state index is 14.5. The third-order valence-electron chi connectivity index (χ3n) is 7.07. The van der Waals surface area contributed by atoms with Crippen LogP contribution in [-0.4, -0.2) is 43.3 Å². The Kier molecular flexibility index (Phi) is 10.7. The Morgan fingerprint density at radius 3 is 2.07 bits per heavy atom. The number of nitrogens with zero attached hydrogens (tertiary/aromatic N) is 2. The highest BCUT2D eigenvalue weighted by Gasteiger charge is 2.36. The third kappa shape index (κ3) is 8.93. The molecule has 0 radical (unpaired) electrons. The van der Waals surface area contributed by atoms with Crippen LogP contribution in [0, 0.1) is 12.7 Å². The first-order valence-electron chi connectivity index (χ1n) is 14.5. The van der Waals surface area contributed by atoms with Gasteiger partial charge in [0, 0.05) is 23.5 Å². The molecule has 0 heterocycles. The highest BCUT2D eigenvalue weighted by Crippen LogP contribution is 2.27. The van der Waals surface area contributed by atoms with E-state index in [0.717, 1.165) is 39.7 Å². The van der Waals surface area contributed by atoms with Crippen molar-refractivity contribution in [2.75, 3.05) is 10.8 Å². The van der Waals surface area contributed by atoms with Crippen molar-refractivity contribution in [2.45, 2.75) is 57.1 Å². The Balaban J connectivity index is 1.82. The molecule has 1 unspecified atom stereocenters. The number of hydrogen-bond donors (Lipinski definition) is 1. The molecule has 45 heavy (non-hydrogen) atoms. The molecule has 4 aromatic carbocycles. The van der Waals surface area contributed by atoms with E-state index in [1.54, 1.807) is 48.5 Å². The highest BCUT2D eigenvalue weighted by atomic mass is 35.5. The molecule has 0 aromatic heterocycles. The molecule has 0 saturated heterocycles. The second kappa shape index (κ2) is 14.3. The number of carbonyl (C=O) groups is 2. The van der Waals surface area contributed by atoms with Gasteiger partial charge in [-0.15, -0.1) is 0 Å². The SMILES string of the molecule is Cc1ccc(N(CC(=O)N(Cc2ccccc2Cl)C(Cc2ccccc2)C(=O)NC(C)(C)C)S(=O)(=O)c2ccc(F)cc2)cc1. The number of nitrogens with one attached hydrogen (secondary N) is 1. The van der Waals surface area contributed by atoms with E-state index in [2.05, 4.69) is 5.32 Å². The van der Waals surface area contributed by atoms with Crippen molar-refractivity contribution < 1.29 is 22.4 Å². The lowest BCUT2D eigenvalue weighted by atomic mass is 10.0. The number of hydrogen-bond acceptors (Lipinski definition) is 4. The van der Waals surface area contributed by atoms with Crippen LogP contribution in [0.25, 0.3) is 0 Å². The van der Waals surface area contributed by atoms with Crippen molar-refractivity contribution in [3.8, 4) is 0 Å². The number of amides is 2. The van der Waals surface area contributed by atoms with Crippen molar-refractivity contribution in [1.82, 2.24) is 10.2 Å². The smallest absolute Gasteiger partial charge is 0.264 e. The van der Waals surface area contributed by atoms with Crippen LogP contribution in [0.5, 0.6) is 0 Å². The van der Waals surface area contributed by atoms with Crippen LogP contribution in [-0.2, 0) is 32.6 Å². The summed E-state index contributed by atoms with van der Waals surface area (Å²) in [4.78, 5) is 29.6. The largest absolute Gasteiger partial charge is 0.350 e. The zero-order valence-corrected chi connectivity index (χ0v) is 27.3. The molecule has 0 aliphatic rings. The van der Waals surface area contributed by atoms with E-state index in [0.29, 0.717) is 10.6 Å². The second-order valence-corrected chi connectivity index (χ2v) is 14.1. The maximum absolute atomic E-state index is 14.5. The van der Waals surface area contributed by atoms with Gasteiger partial charge in [0.25, 0.3) is 10.0 Å². The van der Waals surface area contributed by atoms with Gasteiger partial charge in [0.2, 0.25) is 11.8 Å². The quantitative estimate of drug-likeness (QED) is 0.200.